The largest absolute Gasteiger partial charge is 0.490 e. The molecule has 0 amide bonds. The molecule has 3 heterocycles. The number of piperidine rings is 1. The SMILES string of the molecule is COc1c(Nc2cc(C)[nH]n2)nc(Sc2ccc(S(C)(=O)=O)cc2F)nc1N1CCCCC1. The van der Waals surface area contributed by atoms with E-state index in [-0.39, 0.29) is 9.79 Å². The van der Waals surface area contributed by atoms with Crippen LogP contribution in [0.4, 0.5) is 21.8 Å². The van der Waals surface area contributed by atoms with Crippen molar-refractivity contribution < 1.29 is 17.5 Å². The number of aromatic amines is 1. The van der Waals surface area contributed by atoms with Crippen molar-refractivity contribution in [2.24, 2.45) is 0 Å². The molecule has 4 rings (SSSR count). The number of benzene rings is 1. The molecule has 0 aliphatic carbocycles. The van der Waals surface area contributed by atoms with Crippen molar-refractivity contribution in [1.29, 1.82) is 0 Å². The van der Waals surface area contributed by atoms with Crippen LogP contribution < -0.4 is 15.0 Å². The molecule has 12 heteroatoms. The van der Waals surface area contributed by atoms with Crippen molar-refractivity contribution in [2.45, 2.75) is 41.1 Å². The van der Waals surface area contributed by atoms with Gasteiger partial charge in [-0.25, -0.2) is 22.8 Å². The van der Waals surface area contributed by atoms with Gasteiger partial charge in [-0.2, -0.15) is 5.10 Å². The average Bonchev–Trinajstić information content (AvgIpc) is 3.19. The molecule has 0 radical (unpaired) electrons. The van der Waals surface area contributed by atoms with Crippen LogP contribution in [-0.4, -0.2) is 55.0 Å². The quantitative estimate of drug-likeness (QED) is 0.473. The summed E-state index contributed by atoms with van der Waals surface area (Å²) in [5.74, 6) is 1.43. The van der Waals surface area contributed by atoms with Gasteiger partial charge in [-0.05, 0) is 56.1 Å². The zero-order valence-electron chi connectivity index (χ0n) is 18.6. The lowest BCUT2D eigenvalue weighted by atomic mass is 10.1. The first-order chi connectivity index (χ1) is 15.7. The minimum absolute atomic E-state index is 0.0785. The minimum atomic E-state index is -3.51. The van der Waals surface area contributed by atoms with Gasteiger partial charge in [-0.3, -0.25) is 5.10 Å². The van der Waals surface area contributed by atoms with Gasteiger partial charge in [0.05, 0.1) is 16.9 Å². The van der Waals surface area contributed by atoms with E-state index in [1.54, 1.807) is 7.11 Å². The van der Waals surface area contributed by atoms with Gasteiger partial charge >= 0.3 is 0 Å². The van der Waals surface area contributed by atoms with Crippen LogP contribution in [0.3, 0.4) is 0 Å². The van der Waals surface area contributed by atoms with E-state index in [0.29, 0.717) is 28.4 Å². The third kappa shape index (κ3) is 5.38. The number of anilines is 3. The zero-order valence-corrected chi connectivity index (χ0v) is 20.2. The molecule has 0 bridgehead atoms. The Kier molecular flexibility index (Phi) is 6.75. The second-order valence-electron chi connectivity index (χ2n) is 7.79. The number of rotatable bonds is 7. The van der Waals surface area contributed by atoms with Crippen molar-refractivity contribution in [3.63, 3.8) is 0 Å². The highest BCUT2D eigenvalue weighted by Gasteiger charge is 2.24. The molecule has 0 spiro atoms. The van der Waals surface area contributed by atoms with Crippen molar-refractivity contribution >= 4 is 39.1 Å². The third-order valence-electron chi connectivity index (χ3n) is 5.17. The Balaban J connectivity index is 1.74. The van der Waals surface area contributed by atoms with Crippen molar-refractivity contribution in [1.82, 2.24) is 20.2 Å². The molecule has 2 aromatic heterocycles. The number of methoxy groups -OCH3 is 1. The maximum absolute atomic E-state index is 14.7. The molecule has 0 unspecified atom stereocenters. The Hall–Kier alpha value is -2.86. The van der Waals surface area contributed by atoms with Crippen molar-refractivity contribution in [3.05, 3.63) is 35.8 Å². The van der Waals surface area contributed by atoms with Crippen LogP contribution >= 0.6 is 11.8 Å². The van der Waals surface area contributed by atoms with Gasteiger partial charge in [0, 0.05) is 31.1 Å². The molecule has 1 aromatic carbocycles. The number of halogens is 1. The molecule has 1 saturated heterocycles. The summed E-state index contributed by atoms with van der Waals surface area (Å²) in [4.78, 5) is 11.5. The highest BCUT2D eigenvalue weighted by Crippen LogP contribution is 2.39. The molecule has 0 saturated carbocycles. The van der Waals surface area contributed by atoms with Crippen molar-refractivity contribution in [2.75, 3.05) is 36.7 Å². The van der Waals surface area contributed by atoms with Gasteiger partial charge < -0.3 is 15.0 Å². The maximum atomic E-state index is 14.7. The van der Waals surface area contributed by atoms with E-state index < -0.39 is 15.7 Å². The minimum Gasteiger partial charge on any atom is -0.490 e. The van der Waals surface area contributed by atoms with Gasteiger partial charge in [0.2, 0.25) is 5.75 Å². The van der Waals surface area contributed by atoms with Crippen LogP contribution in [0, 0.1) is 12.7 Å². The summed E-state index contributed by atoms with van der Waals surface area (Å²) in [5.41, 5.74) is 0.879. The number of ether oxygens (including phenoxy) is 1. The fourth-order valence-corrected chi connectivity index (χ4v) is 4.94. The smallest absolute Gasteiger partial charge is 0.204 e. The molecule has 1 aliphatic heterocycles. The lowest BCUT2D eigenvalue weighted by Crippen LogP contribution is -2.31. The molecular weight excluding hydrogens is 467 g/mol. The Morgan fingerprint density at radius 3 is 2.55 bits per heavy atom. The molecule has 2 N–H and O–H groups in total. The van der Waals surface area contributed by atoms with Crippen LogP contribution in [0.15, 0.2) is 39.2 Å². The van der Waals surface area contributed by atoms with E-state index in [4.69, 9.17) is 4.74 Å². The van der Waals surface area contributed by atoms with Gasteiger partial charge in [-0.1, -0.05) is 0 Å². The molecule has 33 heavy (non-hydrogen) atoms. The first-order valence-electron chi connectivity index (χ1n) is 10.4. The number of aryl methyl sites for hydroxylation is 1. The van der Waals surface area contributed by atoms with Crippen LogP contribution in [0.1, 0.15) is 25.0 Å². The number of H-pyrrole nitrogens is 1. The lowest BCUT2D eigenvalue weighted by Gasteiger charge is -2.29. The van der Waals surface area contributed by atoms with Gasteiger partial charge in [0.15, 0.2) is 32.4 Å². The Bertz CT molecular complexity index is 1260. The molecule has 1 fully saturated rings. The predicted molar refractivity (Wildman–Crippen MR) is 125 cm³/mol. The molecule has 3 aromatic rings. The molecule has 1 aliphatic rings. The fourth-order valence-electron chi connectivity index (χ4n) is 3.55. The summed E-state index contributed by atoms with van der Waals surface area (Å²) in [6, 6.07) is 5.65. The van der Waals surface area contributed by atoms with E-state index >= 15 is 0 Å². The number of sulfone groups is 1. The Morgan fingerprint density at radius 1 is 1.18 bits per heavy atom. The topological polar surface area (TPSA) is 113 Å². The molecular formula is C21H25FN6O3S2. The van der Waals surface area contributed by atoms with E-state index in [0.717, 1.165) is 62.1 Å². The first-order valence-corrected chi connectivity index (χ1v) is 13.1. The standard InChI is InChI=1S/C21H25FN6O3S2/c1-13-11-17(27-26-13)23-19-18(31-2)20(28-9-5-4-6-10-28)25-21(24-19)32-16-8-7-14(12-15(16)22)33(3,29)30/h7-8,11-12H,4-6,9-10H2,1-3H3,(H2,23,24,25,26,27). The van der Waals surface area contributed by atoms with E-state index in [1.165, 1.54) is 12.1 Å². The van der Waals surface area contributed by atoms with E-state index in [2.05, 4.69) is 30.4 Å². The number of hydrogen-bond acceptors (Lipinski definition) is 9. The Morgan fingerprint density at radius 2 is 1.94 bits per heavy atom. The Labute approximate surface area is 196 Å². The summed E-state index contributed by atoms with van der Waals surface area (Å²) in [6.45, 7) is 3.55. The number of nitrogens with one attached hydrogen (secondary N) is 2. The number of aromatic nitrogens is 4. The van der Waals surface area contributed by atoms with Crippen molar-refractivity contribution in [3.8, 4) is 5.75 Å². The molecule has 9 nitrogen and oxygen atoms in total. The normalized spacial score (nSPS) is 14.4. The third-order valence-corrected chi connectivity index (χ3v) is 7.20. The highest BCUT2D eigenvalue weighted by atomic mass is 32.2. The van der Waals surface area contributed by atoms with Gasteiger partial charge in [0.25, 0.3) is 0 Å². The molecule has 0 atom stereocenters. The monoisotopic (exact) mass is 492 g/mol. The van der Waals surface area contributed by atoms with E-state index in [9.17, 15) is 12.8 Å². The van der Waals surface area contributed by atoms with Crippen LogP contribution in [0.25, 0.3) is 0 Å². The van der Waals surface area contributed by atoms with Gasteiger partial charge in [-0.15, -0.1) is 0 Å². The second kappa shape index (κ2) is 9.56. The van der Waals surface area contributed by atoms with Crippen LogP contribution in [-0.2, 0) is 9.84 Å². The summed E-state index contributed by atoms with van der Waals surface area (Å²) in [5, 5.41) is 10.5. The first kappa shape index (κ1) is 23.3. The lowest BCUT2D eigenvalue weighted by molar-refractivity contribution is 0.409. The zero-order chi connectivity index (χ0) is 23.6. The second-order valence-corrected chi connectivity index (χ2v) is 10.8. The fraction of sp³-hybridized carbons (Fsp3) is 0.381. The summed E-state index contributed by atoms with van der Waals surface area (Å²) in [7, 11) is -1.95. The summed E-state index contributed by atoms with van der Waals surface area (Å²) >= 11 is 1.02. The highest BCUT2D eigenvalue weighted by molar-refractivity contribution is 7.99. The van der Waals surface area contributed by atoms with E-state index in [1.807, 2.05) is 13.0 Å². The summed E-state index contributed by atoms with van der Waals surface area (Å²) in [6.07, 6.45) is 4.28. The van der Waals surface area contributed by atoms with Gasteiger partial charge in [0.1, 0.15) is 5.82 Å². The van der Waals surface area contributed by atoms with Crippen LogP contribution in [0.5, 0.6) is 5.75 Å². The average molecular weight is 493 g/mol. The number of nitrogens with zero attached hydrogens (tertiary/aromatic N) is 4. The molecule has 176 valence electrons. The number of hydrogen-bond donors (Lipinski definition) is 2. The maximum Gasteiger partial charge on any atom is 0.204 e. The van der Waals surface area contributed by atoms with Crippen LogP contribution in [0.2, 0.25) is 0 Å². The predicted octanol–water partition coefficient (Wildman–Crippen LogP) is 3.94. The summed E-state index contributed by atoms with van der Waals surface area (Å²) < 4.78 is 43.8.